The van der Waals surface area contributed by atoms with Gasteiger partial charge in [0.05, 0.1) is 23.7 Å². The number of carbonyl (C=O) groups is 1. The maximum Gasteiger partial charge on any atom is 0.335 e. The van der Waals surface area contributed by atoms with Crippen LogP contribution >= 0.6 is 0 Å². The zero-order valence-corrected chi connectivity index (χ0v) is 14.0. The molecule has 7 heteroatoms. The molecule has 6 nitrogen and oxygen atoms in total. The van der Waals surface area contributed by atoms with E-state index in [9.17, 15) is 13.2 Å². The fourth-order valence-electron chi connectivity index (χ4n) is 1.95. The van der Waals surface area contributed by atoms with Crippen LogP contribution < -0.4 is 4.74 Å². The summed E-state index contributed by atoms with van der Waals surface area (Å²) < 4.78 is 34.4. The highest BCUT2D eigenvalue weighted by Crippen LogP contribution is 2.15. The van der Waals surface area contributed by atoms with Gasteiger partial charge < -0.3 is 9.84 Å². The number of aryl methyl sites for hydroxylation is 1. The molecule has 0 aromatic heterocycles. The minimum absolute atomic E-state index is 0.00346. The number of ether oxygens (including phenoxy) is 1. The minimum Gasteiger partial charge on any atom is -0.494 e. The monoisotopic (exact) mass is 350 g/mol. The predicted molar refractivity (Wildman–Crippen MR) is 87.8 cm³/mol. The van der Waals surface area contributed by atoms with Crippen LogP contribution in [0.5, 0.6) is 5.75 Å². The normalized spacial score (nSPS) is 11.2. The second-order valence-electron chi connectivity index (χ2n) is 5.12. The summed E-state index contributed by atoms with van der Waals surface area (Å²) in [5, 5.41) is 8.79. The fraction of sp³-hybridized carbons (Fsp3) is 0.235. The van der Waals surface area contributed by atoms with E-state index >= 15 is 0 Å². The van der Waals surface area contributed by atoms with E-state index in [0.717, 1.165) is 5.56 Å². The Morgan fingerprint density at radius 2 is 1.79 bits per heavy atom. The minimum atomic E-state index is -3.76. The smallest absolute Gasteiger partial charge is 0.335 e. The zero-order valence-electron chi connectivity index (χ0n) is 13.1. The summed E-state index contributed by atoms with van der Waals surface area (Å²) in [4.78, 5) is 10.9. The lowest BCUT2D eigenvalue weighted by atomic mass is 10.2. The summed E-state index contributed by atoms with van der Waals surface area (Å²) in [5.41, 5.74) is 1.02. The highest BCUT2D eigenvalue weighted by atomic mass is 32.2. The van der Waals surface area contributed by atoms with Crippen molar-refractivity contribution in [1.82, 2.24) is 0 Å². The van der Waals surface area contributed by atoms with E-state index in [1.807, 2.05) is 13.0 Å². The molecule has 0 saturated carbocycles. The van der Waals surface area contributed by atoms with Crippen LogP contribution in [0.1, 0.15) is 22.3 Å². The van der Waals surface area contributed by atoms with Crippen molar-refractivity contribution in [2.24, 2.45) is 0 Å². The lowest BCUT2D eigenvalue weighted by Gasteiger charge is -2.08. The van der Waals surface area contributed by atoms with Gasteiger partial charge in [-0.1, -0.05) is 12.1 Å². The molecule has 0 spiro atoms. The second kappa shape index (κ2) is 7.94. The van der Waals surface area contributed by atoms with Crippen LogP contribution in [0.4, 0.5) is 0 Å². The Hall–Kier alpha value is -2.38. The Balaban J connectivity index is 1.77. The van der Waals surface area contributed by atoms with Crippen molar-refractivity contribution >= 4 is 16.1 Å². The van der Waals surface area contributed by atoms with E-state index < -0.39 is 16.1 Å². The highest BCUT2D eigenvalue weighted by Gasteiger charge is 2.14. The number of carboxylic acids is 1. The van der Waals surface area contributed by atoms with Gasteiger partial charge in [-0.05, 0) is 48.9 Å². The predicted octanol–water partition coefficient (Wildman–Crippen LogP) is 2.87. The van der Waals surface area contributed by atoms with Crippen LogP contribution in [-0.4, -0.2) is 32.7 Å². The third-order valence-electron chi connectivity index (χ3n) is 3.18. The molecule has 0 aliphatic rings. The van der Waals surface area contributed by atoms with E-state index in [0.29, 0.717) is 12.2 Å². The topological polar surface area (TPSA) is 89.9 Å². The van der Waals surface area contributed by atoms with E-state index in [1.54, 1.807) is 24.3 Å². The van der Waals surface area contributed by atoms with Gasteiger partial charge in [0.15, 0.2) is 0 Å². The van der Waals surface area contributed by atoms with Crippen molar-refractivity contribution in [3.05, 3.63) is 59.7 Å². The van der Waals surface area contributed by atoms with Gasteiger partial charge in [-0.2, -0.15) is 8.42 Å². The Morgan fingerprint density at radius 1 is 1.08 bits per heavy atom. The molecular formula is C17H18O6S. The molecule has 0 radical (unpaired) electrons. The van der Waals surface area contributed by atoms with Crippen LogP contribution in [0.3, 0.4) is 0 Å². The fourth-order valence-corrected chi connectivity index (χ4v) is 3.00. The highest BCUT2D eigenvalue weighted by molar-refractivity contribution is 7.86. The molecule has 128 valence electrons. The number of rotatable bonds is 8. The Labute approximate surface area is 140 Å². The Morgan fingerprint density at radius 3 is 2.42 bits per heavy atom. The largest absolute Gasteiger partial charge is 0.494 e. The van der Waals surface area contributed by atoms with Gasteiger partial charge in [0.1, 0.15) is 5.75 Å². The summed E-state index contributed by atoms with van der Waals surface area (Å²) in [6.07, 6.45) is 0.381. The first-order valence-electron chi connectivity index (χ1n) is 7.31. The van der Waals surface area contributed by atoms with Crippen LogP contribution in [0.2, 0.25) is 0 Å². The molecule has 2 rings (SSSR count). The second-order valence-corrected chi connectivity index (χ2v) is 6.74. The van der Waals surface area contributed by atoms with Crippen molar-refractivity contribution in [2.45, 2.75) is 18.2 Å². The molecule has 2 aromatic carbocycles. The molecule has 0 unspecified atom stereocenters. The first-order valence-corrected chi connectivity index (χ1v) is 8.71. The first kappa shape index (κ1) is 18.0. The SMILES string of the molecule is Cc1cccc(S(=O)(=O)OCCCOc2ccc(C(=O)O)cc2)c1. The lowest BCUT2D eigenvalue weighted by Crippen LogP contribution is -2.10. The maximum atomic E-state index is 12.0. The van der Waals surface area contributed by atoms with Crippen molar-refractivity contribution in [1.29, 1.82) is 0 Å². The number of carboxylic acid groups (broad SMARTS) is 1. The third-order valence-corrected chi connectivity index (χ3v) is 4.48. The molecule has 0 saturated heterocycles. The van der Waals surface area contributed by atoms with Gasteiger partial charge in [-0.3, -0.25) is 4.18 Å². The van der Waals surface area contributed by atoms with Gasteiger partial charge in [0, 0.05) is 6.42 Å². The first-order chi connectivity index (χ1) is 11.4. The molecule has 1 N–H and O–H groups in total. The van der Waals surface area contributed by atoms with E-state index in [4.69, 9.17) is 14.0 Å². The van der Waals surface area contributed by atoms with Crippen LogP contribution in [0.15, 0.2) is 53.4 Å². The third kappa shape index (κ3) is 5.07. The summed E-state index contributed by atoms with van der Waals surface area (Å²) in [5.74, 6) is -0.488. The number of aromatic carboxylic acids is 1. The lowest BCUT2D eigenvalue weighted by molar-refractivity contribution is 0.0697. The van der Waals surface area contributed by atoms with Crippen molar-refractivity contribution in [3.63, 3.8) is 0 Å². The zero-order chi connectivity index (χ0) is 17.6. The van der Waals surface area contributed by atoms with Gasteiger partial charge in [-0.25, -0.2) is 4.79 Å². The molecular weight excluding hydrogens is 332 g/mol. The standard InChI is InChI=1S/C17H18O6S/c1-13-4-2-5-16(12-13)24(20,21)23-11-3-10-22-15-8-6-14(7-9-15)17(18)19/h2,4-9,12H,3,10-11H2,1H3,(H,18,19). The van der Waals surface area contributed by atoms with Gasteiger partial charge in [-0.15, -0.1) is 0 Å². The average Bonchev–Trinajstić information content (AvgIpc) is 2.55. The molecule has 0 aliphatic carbocycles. The average molecular weight is 350 g/mol. The summed E-state index contributed by atoms with van der Waals surface area (Å²) in [6.45, 7) is 2.07. The van der Waals surface area contributed by atoms with Crippen LogP contribution in [0.25, 0.3) is 0 Å². The maximum absolute atomic E-state index is 12.0. The summed E-state index contributed by atoms with van der Waals surface area (Å²) in [7, 11) is -3.76. The molecule has 2 aromatic rings. The van der Waals surface area contributed by atoms with Crippen LogP contribution in [-0.2, 0) is 14.3 Å². The van der Waals surface area contributed by atoms with Gasteiger partial charge in [0.2, 0.25) is 0 Å². The Kier molecular flexibility index (Phi) is 5.94. The van der Waals surface area contributed by atoms with E-state index in [-0.39, 0.29) is 23.7 Å². The number of hydrogen-bond donors (Lipinski definition) is 1. The van der Waals surface area contributed by atoms with E-state index in [2.05, 4.69) is 0 Å². The molecule has 0 aliphatic heterocycles. The summed E-state index contributed by atoms with van der Waals surface area (Å²) in [6, 6.07) is 12.5. The Bertz CT molecular complexity index is 796. The quantitative estimate of drug-likeness (QED) is 0.581. The molecule has 0 fully saturated rings. The van der Waals surface area contributed by atoms with Crippen molar-refractivity contribution < 1.29 is 27.2 Å². The van der Waals surface area contributed by atoms with Crippen LogP contribution in [0, 0.1) is 6.92 Å². The van der Waals surface area contributed by atoms with Gasteiger partial charge >= 0.3 is 5.97 Å². The summed E-state index contributed by atoms with van der Waals surface area (Å²) >= 11 is 0. The van der Waals surface area contributed by atoms with Crippen molar-refractivity contribution in [2.75, 3.05) is 13.2 Å². The molecule has 0 atom stereocenters. The molecule has 0 heterocycles. The molecule has 24 heavy (non-hydrogen) atoms. The number of hydrogen-bond acceptors (Lipinski definition) is 5. The molecule has 0 bridgehead atoms. The number of benzene rings is 2. The van der Waals surface area contributed by atoms with Crippen molar-refractivity contribution in [3.8, 4) is 5.75 Å². The van der Waals surface area contributed by atoms with Gasteiger partial charge in [0.25, 0.3) is 10.1 Å². The molecule has 0 amide bonds. The van der Waals surface area contributed by atoms with E-state index in [1.165, 1.54) is 18.2 Å².